The first-order valence-electron chi connectivity index (χ1n) is 8.90. The van der Waals surface area contributed by atoms with E-state index in [4.69, 9.17) is 4.74 Å². The second-order valence-corrected chi connectivity index (χ2v) is 6.64. The number of aryl methyl sites for hydroxylation is 1. The van der Waals surface area contributed by atoms with Gasteiger partial charge in [0.1, 0.15) is 0 Å². The Morgan fingerprint density at radius 1 is 1.32 bits per heavy atom. The van der Waals surface area contributed by atoms with Crippen molar-refractivity contribution >= 4 is 12.1 Å². The number of carbonyl (C=O) groups is 1. The molecule has 1 heterocycles. The Labute approximate surface area is 150 Å². The normalized spacial score (nSPS) is 17.1. The van der Waals surface area contributed by atoms with E-state index in [0.717, 1.165) is 25.3 Å². The van der Waals surface area contributed by atoms with Gasteiger partial charge in [0.25, 0.3) is 0 Å². The van der Waals surface area contributed by atoms with Gasteiger partial charge in [-0.25, -0.2) is 4.79 Å². The molecule has 1 aromatic rings. The van der Waals surface area contributed by atoms with Gasteiger partial charge in [-0.1, -0.05) is 36.8 Å². The monoisotopic (exact) mass is 346 g/mol. The summed E-state index contributed by atoms with van der Waals surface area (Å²) in [5.41, 5.74) is 2.60. The van der Waals surface area contributed by atoms with Gasteiger partial charge in [-0.2, -0.15) is 0 Å². The highest BCUT2D eigenvalue weighted by Gasteiger charge is 2.23. The molecule has 25 heavy (non-hydrogen) atoms. The lowest BCUT2D eigenvalue weighted by molar-refractivity contribution is 0.111. The number of hydrogen-bond donors (Lipinski definition) is 2. The largest absolute Gasteiger partial charge is 0.453 e. The van der Waals surface area contributed by atoms with Crippen molar-refractivity contribution in [1.29, 1.82) is 0 Å². The number of nitrogens with zero attached hydrogens (tertiary/aromatic N) is 2. The molecule has 6 nitrogen and oxygen atoms in total. The van der Waals surface area contributed by atoms with Crippen LogP contribution in [0.15, 0.2) is 29.3 Å². The number of ether oxygens (including phenoxy) is 1. The molecule has 1 aromatic carbocycles. The minimum atomic E-state index is -0.243. The van der Waals surface area contributed by atoms with Crippen molar-refractivity contribution in [2.75, 3.05) is 33.8 Å². The van der Waals surface area contributed by atoms with E-state index in [0.29, 0.717) is 25.0 Å². The third-order valence-corrected chi connectivity index (χ3v) is 4.71. The fourth-order valence-corrected chi connectivity index (χ4v) is 2.99. The molecule has 0 bridgehead atoms. The third kappa shape index (κ3) is 5.66. The van der Waals surface area contributed by atoms with E-state index in [1.165, 1.54) is 18.2 Å². The molecule has 1 fully saturated rings. The number of carbonyl (C=O) groups excluding carboxylic acids is 1. The van der Waals surface area contributed by atoms with Gasteiger partial charge in [0.15, 0.2) is 5.96 Å². The average molecular weight is 346 g/mol. The van der Waals surface area contributed by atoms with Gasteiger partial charge >= 0.3 is 6.09 Å². The number of hydrogen-bond acceptors (Lipinski definition) is 3. The van der Waals surface area contributed by atoms with Crippen LogP contribution in [0.2, 0.25) is 0 Å². The number of methoxy groups -OCH3 is 1. The SMILES string of the molecule is CN=C(NCC(C)c1ccc(C)cc1)NC1CCN(C(=O)OC)CC1. The molecule has 0 spiro atoms. The second-order valence-electron chi connectivity index (χ2n) is 6.64. The van der Waals surface area contributed by atoms with Gasteiger partial charge in [0.2, 0.25) is 0 Å². The van der Waals surface area contributed by atoms with Crippen LogP contribution in [0.1, 0.15) is 36.8 Å². The van der Waals surface area contributed by atoms with Crippen molar-refractivity contribution in [2.24, 2.45) is 4.99 Å². The van der Waals surface area contributed by atoms with Crippen LogP contribution in [0.25, 0.3) is 0 Å². The minimum Gasteiger partial charge on any atom is -0.453 e. The predicted molar refractivity (Wildman–Crippen MR) is 101 cm³/mol. The Bertz CT molecular complexity index is 578. The van der Waals surface area contributed by atoms with Gasteiger partial charge in [0, 0.05) is 32.7 Å². The summed E-state index contributed by atoms with van der Waals surface area (Å²) in [6, 6.07) is 8.98. The highest BCUT2D eigenvalue weighted by Crippen LogP contribution is 2.15. The van der Waals surface area contributed by atoms with Crippen LogP contribution in [-0.2, 0) is 4.74 Å². The van der Waals surface area contributed by atoms with Crippen molar-refractivity contribution in [1.82, 2.24) is 15.5 Å². The third-order valence-electron chi connectivity index (χ3n) is 4.71. The number of nitrogens with one attached hydrogen (secondary N) is 2. The first-order chi connectivity index (χ1) is 12.0. The standard InChI is InChI=1S/C19H30N4O2/c1-14-5-7-16(8-6-14)15(2)13-21-18(20-3)22-17-9-11-23(12-10-17)19(24)25-4/h5-8,15,17H,9-13H2,1-4H3,(H2,20,21,22). The number of guanidine groups is 1. The van der Waals surface area contributed by atoms with E-state index in [-0.39, 0.29) is 6.09 Å². The maximum absolute atomic E-state index is 11.5. The van der Waals surface area contributed by atoms with Gasteiger partial charge in [-0.05, 0) is 31.2 Å². The molecule has 1 atom stereocenters. The van der Waals surface area contributed by atoms with E-state index in [9.17, 15) is 4.79 Å². The maximum atomic E-state index is 11.5. The highest BCUT2D eigenvalue weighted by atomic mass is 16.5. The van der Waals surface area contributed by atoms with Crippen LogP contribution in [0, 0.1) is 6.92 Å². The van der Waals surface area contributed by atoms with E-state index in [2.05, 4.69) is 53.7 Å². The summed E-state index contributed by atoms with van der Waals surface area (Å²) < 4.78 is 4.77. The van der Waals surface area contributed by atoms with Crippen molar-refractivity contribution in [3.63, 3.8) is 0 Å². The topological polar surface area (TPSA) is 66.0 Å². The average Bonchev–Trinajstić information content (AvgIpc) is 2.65. The molecule has 0 radical (unpaired) electrons. The smallest absolute Gasteiger partial charge is 0.409 e. The molecule has 6 heteroatoms. The van der Waals surface area contributed by atoms with Crippen LogP contribution in [0.5, 0.6) is 0 Å². The summed E-state index contributed by atoms with van der Waals surface area (Å²) >= 11 is 0. The Balaban J connectivity index is 1.77. The van der Waals surface area contributed by atoms with Crippen LogP contribution in [-0.4, -0.2) is 56.8 Å². The van der Waals surface area contributed by atoms with Crippen molar-refractivity contribution in [3.8, 4) is 0 Å². The number of aliphatic imine (C=N–C) groups is 1. The molecule has 1 unspecified atom stereocenters. The molecule has 1 aliphatic heterocycles. The molecule has 2 N–H and O–H groups in total. The van der Waals surface area contributed by atoms with Crippen LogP contribution >= 0.6 is 0 Å². The van der Waals surface area contributed by atoms with E-state index >= 15 is 0 Å². The quantitative estimate of drug-likeness (QED) is 0.649. The first-order valence-corrected chi connectivity index (χ1v) is 8.90. The van der Waals surface area contributed by atoms with E-state index in [1.54, 1.807) is 11.9 Å². The number of piperidine rings is 1. The number of rotatable bonds is 4. The van der Waals surface area contributed by atoms with Crippen LogP contribution < -0.4 is 10.6 Å². The van der Waals surface area contributed by atoms with Crippen molar-refractivity contribution in [3.05, 3.63) is 35.4 Å². The molecule has 138 valence electrons. The number of likely N-dealkylation sites (tertiary alicyclic amines) is 1. The van der Waals surface area contributed by atoms with Gasteiger partial charge in [-0.3, -0.25) is 4.99 Å². The zero-order valence-electron chi connectivity index (χ0n) is 15.7. The first kappa shape index (κ1) is 19.1. The van der Waals surface area contributed by atoms with Crippen LogP contribution in [0.3, 0.4) is 0 Å². The fraction of sp³-hybridized carbons (Fsp3) is 0.579. The highest BCUT2D eigenvalue weighted by molar-refractivity contribution is 5.80. The molecule has 1 aliphatic rings. The van der Waals surface area contributed by atoms with Gasteiger partial charge < -0.3 is 20.3 Å². The van der Waals surface area contributed by atoms with Gasteiger partial charge in [-0.15, -0.1) is 0 Å². The molecule has 0 aromatic heterocycles. The number of amides is 1. The number of benzene rings is 1. The van der Waals surface area contributed by atoms with E-state index < -0.39 is 0 Å². The Kier molecular flexibility index (Phi) is 7.10. The minimum absolute atomic E-state index is 0.243. The molecule has 0 aliphatic carbocycles. The lowest BCUT2D eigenvalue weighted by Gasteiger charge is -2.32. The molecule has 1 saturated heterocycles. The predicted octanol–water partition coefficient (Wildman–Crippen LogP) is 2.49. The molecule has 0 saturated carbocycles. The Hall–Kier alpha value is -2.24. The second kappa shape index (κ2) is 9.30. The molecule has 2 rings (SSSR count). The summed E-state index contributed by atoms with van der Waals surface area (Å²) in [7, 11) is 3.21. The van der Waals surface area contributed by atoms with Gasteiger partial charge in [0.05, 0.1) is 7.11 Å². The summed E-state index contributed by atoms with van der Waals surface area (Å²) in [5, 5.41) is 6.87. The lowest BCUT2D eigenvalue weighted by Crippen LogP contribution is -2.50. The summed E-state index contributed by atoms with van der Waals surface area (Å²) in [4.78, 5) is 17.6. The fourth-order valence-electron chi connectivity index (χ4n) is 2.99. The van der Waals surface area contributed by atoms with Crippen molar-refractivity contribution < 1.29 is 9.53 Å². The van der Waals surface area contributed by atoms with Crippen molar-refractivity contribution in [2.45, 2.75) is 38.6 Å². The summed E-state index contributed by atoms with van der Waals surface area (Å²) in [5.74, 6) is 1.22. The van der Waals surface area contributed by atoms with Crippen LogP contribution in [0.4, 0.5) is 4.79 Å². The molecule has 1 amide bonds. The van der Waals surface area contributed by atoms with E-state index in [1.807, 2.05) is 0 Å². The summed E-state index contributed by atoms with van der Waals surface area (Å²) in [6.45, 7) is 6.55. The Morgan fingerprint density at radius 2 is 1.96 bits per heavy atom. The molecular weight excluding hydrogens is 316 g/mol. The molecular formula is C19H30N4O2. The Morgan fingerprint density at radius 3 is 2.52 bits per heavy atom. The summed E-state index contributed by atoms with van der Waals surface area (Å²) in [6.07, 6.45) is 1.54. The zero-order chi connectivity index (χ0) is 18.2. The lowest BCUT2D eigenvalue weighted by atomic mass is 10.00. The zero-order valence-corrected chi connectivity index (χ0v) is 15.7. The maximum Gasteiger partial charge on any atom is 0.409 e.